The van der Waals surface area contributed by atoms with E-state index in [0.717, 1.165) is 24.7 Å². The molecule has 2 nitrogen and oxygen atoms in total. The van der Waals surface area contributed by atoms with E-state index in [1.54, 1.807) is 0 Å². The Bertz CT molecular complexity index is 335. The summed E-state index contributed by atoms with van der Waals surface area (Å²) in [6.07, 6.45) is 0. The molecule has 102 valence electrons. The number of hydrogen-bond acceptors (Lipinski definition) is 2. The highest BCUT2D eigenvalue weighted by Gasteiger charge is 2.10. The van der Waals surface area contributed by atoms with E-state index in [4.69, 9.17) is 11.6 Å². The van der Waals surface area contributed by atoms with E-state index >= 15 is 0 Å². The van der Waals surface area contributed by atoms with Crippen LogP contribution in [0.25, 0.3) is 0 Å². The number of likely N-dealkylation sites (N-methyl/N-ethyl adjacent to an activating group) is 1. The number of rotatable bonds is 7. The lowest BCUT2D eigenvalue weighted by atomic mass is 10.1. The van der Waals surface area contributed by atoms with Crippen LogP contribution in [0.15, 0.2) is 24.3 Å². The topological polar surface area (TPSA) is 15.3 Å². The van der Waals surface area contributed by atoms with E-state index < -0.39 is 0 Å². The maximum Gasteiger partial charge on any atom is 0.0406 e. The highest BCUT2D eigenvalue weighted by atomic mass is 35.5. The smallest absolute Gasteiger partial charge is 0.0406 e. The van der Waals surface area contributed by atoms with Crippen LogP contribution in [-0.2, 0) is 0 Å². The third kappa shape index (κ3) is 5.38. The predicted octanol–water partition coefficient (Wildman–Crippen LogP) is 3.58. The Labute approximate surface area is 116 Å². The molecule has 0 spiro atoms. The van der Waals surface area contributed by atoms with Crippen LogP contribution in [0.3, 0.4) is 0 Å². The molecule has 3 heteroatoms. The highest BCUT2D eigenvalue weighted by molar-refractivity contribution is 6.30. The molecular weight excluding hydrogens is 244 g/mol. The molecule has 0 saturated heterocycles. The minimum atomic E-state index is 0.420. The van der Waals surface area contributed by atoms with Crippen molar-refractivity contribution >= 4 is 11.6 Å². The molecule has 0 aliphatic heterocycles. The van der Waals surface area contributed by atoms with Crippen molar-refractivity contribution in [2.45, 2.75) is 26.8 Å². The number of hydrogen-bond donors (Lipinski definition) is 1. The summed E-state index contributed by atoms with van der Waals surface area (Å²) >= 11 is 5.90. The molecule has 1 rings (SSSR count). The van der Waals surface area contributed by atoms with Crippen molar-refractivity contribution in [2.24, 2.45) is 5.92 Å². The lowest BCUT2D eigenvalue weighted by molar-refractivity contribution is 0.260. The molecule has 0 radical (unpaired) electrons. The average molecular weight is 269 g/mol. The van der Waals surface area contributed by atoms with Crippen LogP contribution >= 0.6 is 11.6 Å². The number of nitrogens with one attached hydrogen (secondary N) is 1. The molecule has 18 heavy (non-hydrogen) atoms. The monoisotopic (exact) mass is 268 g/mol. The molecule has 1 atom stereocenters. The molecule has 1 aromatic carbocycles. The van der Waals surface area contributed by atoms with Gasteiger partial charge in [-0.15, -0.1) is 0 Å². The zero-order valence-electron chi connectivity index (χ0n) is 11.9. The van der Waals surface area contributed by atoms with Crippen molar-refractivity contribution in [1.82, 2.24) is 10.2 Å². The van der Waals surface area contributed by atoms with Crippen LogP contribution in [-0.4, -0.2) is 31.6 Å². The summed E-state index contributed by atoms with van der Waals surface area (Å²) < 4.78 is 0. The molecule has 0 aliphatic rings. The van der Waals surface area contributed by atoms with Gasteiger partial charge in [0.15, 0.2) is 0 Å². The molecule has 0 saturated carbocycles. The van der Waals surface area contributed by atoms with Crippen LogP contribution < -0.4 is 5.32 Å². The standard InChI is InChI=1S/C15H25ClN2/c1-12(2)11-17-9-10-18(4)13(3)14-5-7-15(16)8-6-14/h5-8,12-13,17H,9-11H2,1-4H3. The van der Waals surface area contributed by atoms with Gasteiger partial charge in [-0.3, -0.25) is 4.90 Å². The minimum Gasteiger partial charge on any atom is -0.315 e. The fourth-order valence-electron chi connectivity index (χ4n) is 1.84. The van der Waals surface area contributed by atoms with Crippen LogP contribution in [0.1, 0.15) is 32.4 Å². The fraction of sp³-hybridized carbons (Fsp3) is 0.600. The minimum absolute atomic E-state index is 0.420. The summed E-state index contributed by atoms with van der Waals surface area (Å²) in [4.78, 5) is 2.36. The van der Waals surface area contributed by atoms with Crippen LogP contribution in [0.2, 0.25) is 5.02 Å². The lowest BCUT2D eigenvalue weighted by Gasteiger charge is -2.25. The van der Waals surface area contributed by atoms with Crippen molar-refractivity contribution in [3.05, 3.63) is 34.9 Å². The summed E-state index contributed by atoms with van der Waals surface area (Å²) in [5, 5.41) is 4.27. The first-order valence-electron chi connectivity index (χ1n) is 6.67. The van der Waals surface area contributed by atoms with Gasteiger partial charge in [0.1, 0.15) is 0 Å². The first kappa shape index (κ1) is 15.5. The second-order valence-corrected chi connectivity index (χ2v) is 5.74. The van der Waals surface area contributed by atoms with Crippen LogP contribution in [0.4, 0.5) is 0 Å². The molecule has 1 N–H and O–H groups in total. The number of halogens is 1. The van der Waals surface area contributed by atoms with Gasteiger partial charge in [0, 0.05) is 24.2 Å². The van der Waals surface area contributed by atoms with E-state index in [-0.39, 0.29) is 0 Å². The molecule has 1 unspecified atom stereocenters. The Kier molecular flexibility index (Phi) is 6.69. The van der Waals surface area contributed by atoms with Crippen molar-refractivity contribution in [2.75, 3.05) is 26.7 Å². The Morgan fingerprint density at radius 3 is 2.33 bits per heavy atom. The summed E-state index contributed by atoms with van der Waals surface area (Å²) in [5.41, 5.74) is 1.31. The molecule has 1 aromatic rings. The van der Waals surface area contributed by atoms with Gasteiger partial charge in [0.25, 0.3) is 0 Å². The maximum absolute atomic E-state index is 5.90. The van der Waals surface area contributed by atoms with Gasteiger partial charge in [-0.05, 0) is 44.1 Å². The van der Waals surface area contributed by atoms with Gasteiger partial charge in [0.2, 0.25) is 0 Å². The lowest BCUT2D eigenvalue weighted by Crippen LogP contribution is -2.32. The largest absolute Gasteiger partial charge is 0.315 e. The molecule has 0 aromatic heterocycles. The average Bonchev–Trinajstić information content (AvgIpc) is 2.34. The van der Waals surface area contributed by atoms with Gasteiger partial charge in [0.05, 0.1) is 0 Å². The van der Waals surface area contributed by atoms with Gasteiger partial charge in [-0.1, -0.05) is 37.6 Å². The summed E-state index contributed by atoms with van der Waals surface area (Å²) in [6, 6.07) is 8.54. The summed E-state index contributed by atoms with van der Waals surface area (Å²) in [6.45, 7) is 9.86. The second kappa shape index (κ2) is 7.78. The van der Waals surface area contributed by atoms with Crippen LogP contribution in [0.5, 0.6) is 0 Å². The van der Waals surface area contributed by atoms with E-state index in [0.29, 0.717) is 12.0 Å². The van der Waals surface area contributed by atoms with E-state index in [2.05, 4.69) is 50.2 Å². The Balaban J connectivity index is 2.36. The Morgan fingerprint density at radius 1 is 1.17 bits per heavy atom. The number of nitrogens with zero attached hydrogens (tertiary/aromatic N) is 1. The molecule has 0 heterocycles. The first-order chi connectivity index (χ1) is 8.50. The molecule has 0 aliphatic carbocycles. The Morgan fingerprint density at radius 2 is 1.78 bits per heavy atom. The zero-order chi connectivity index (χ0) is 13.5. The van der Waals surface area contributed by atoms with Gasteiger partial charge < -0.3 is 5.32 Å². The quantitative estimate of drug-likeness (QED) is 0.761. The maximum atomic E-state index is 5.90. The Hall–Kier alpha value is -0.570. The summed E-state index contributed by atoms with van der Waals surface area (Å²) in [7, 11) is 2.16. The van der Waals surface area contributed by atoms with E-state index in [9.17, 15) is 0 Å². The predicted molar refractivity (Wildman–Crippen MR) is 80.2 cm³/mol. The highest BCUT2D eigenvalue weighted by Crippen LogP contribution is 2.20. The van der Waals surface area contributed by atoms with Crippen molar-refractivity contribution < 1.29 is 0 Å². The SMILES string of the molecule is CC(C)CNCCN(C)C(C)c1ccc(Cl)cc1. The van der Waals surface area contributed by atoms with Crippen molar-refractivity contribution in [3.8, 4) is 0 Å². The molecule has 0 amide bonds. The van der Waals surface area contributed by atoms with Gasteiger partial charge in [-0.2, -0.15) is 0 Å². The fourth-order valence-corrected chi connectivity index (χ4v) is 1.96. The third-order valence-corrected chi connectivity index (χ3v) is 3.46. The summed E-state index contributed by atoms with van der Waals surface area (Å²) in [5.74, 6) is 0.712. The molecule has 0 bridgehead atoms. The van der Waals surface area contributed by atoms with Gasteiger partial charge in [-0.25, -0.2) is 0 Å². The first-order valence-corrected chi connectivity index (χ1v) is 7.05. The van der Waals surface area contributed by atoms with Crippen molar-refractivity contribution in [3.63, 3.8) is 0 Å². The van der Waals surface area contributed by atoms with Gasteiger partial charge >= 0.3 is 0 Å². The zero-order valence-corrected chi connectivity index (χ0v) is 12.7. The molecule has 0 fully saturated rings. The number of benzene rings is 1. The van der Waals surface area contributed by atoms with E-state index in [1.807, 2.05) is 12.1 Å². The molecular formula is C15H25ClN2. The van der Waals surface area contributed by atoms with Crippen LogP contribution in [0, 0.1) is 5.92 Å². The normalized spacial score (nSPS) is 13.3. The third-order valence-electron chi connectivity index (χ3n) is 3.21. The second-order valence-electron chi connectivity index (χ2n) is 5.31. The van der Waals surface area contributed by atoms with Crippen molar-refractivity contribution in [1.29, 1.82) is 0 Å². The van der Waals surface area contributed by atoms with E-state index in [1.165, 1.54) is 5.56 Å².